The molecule has 130 valence electrons. The Hall–Kier alpha value is -2.10. The van der Waals surface area contributed by atoms with Gasteiger partial charge >= 0.3 is 0 Å². The van der Waals surface area contributed by atoms with E-state index in [0.717, 1.165) is 24.3 Å². The van der Waals surface area contributed by atoms with Crippen LogP contribution in [0.15, 0.2) is 40.6 Å². The van der Waals surface area contributed by atoms with E-state index in [1.807, 2.05) is 24.3 Å². The lowest BCUT2D eigenvalue weighted by molar-refractivity contribution is -0.117. The highest BCUT2D eigenvalue weighted by molar-refractivity contribution is 6.25. The zero-order valence-corrected chi connectivity index (χ0v) is 15.1. The van der Waals surface area contributed by atoms with Gasteiger partial charge in [0.25, 0.3) is 0 Å². The number of benzene rings is 1. The van der Waals surface area contributed by atoms with Gasteiger partial charge in [-0.15, -0.1) is 0 Å². The van der Waals surface area contributed by atoms with Crippen LogP contribution in [0.4, 0.5) is 5.69 Å². The Balaban J connectivity index is 2.42. The molecule has 1 N–H and O–H groups in total. The second-order valence-electron chi connectivity index (χ2n) is 7.12. The smallest absolute Gasteiger partial charge is 0.168 e. The number of ketones is 1. The van der Waals surface area contributed by atoms with Crippen molar-refractivity contribution < 1.29 is 14.6 Å². The van der Waals surface area contributed by atoms with Crippen LogP contribution in [0.25, 0.3) is 0 Å². The highest BCUT2D eigenvalue weighted by Gasteiger charge is 2.36. The van der Waals surface area contributed by atoms with Crippen LogP contribution >= 0.6 is 0 Å². The SMILES string of the molecule is CCCCC(O)=C1C(=O)CC(C)(C)CC1=Nc1ccc(OC)cc1. The normalized spacial score (nSPS) is 21.0. The van der Waals surface area contributed by atoms with Gasteiger partial charge in [-0.3, -0.25) is 9.79 Å². The van der Waals surface area contributed by atoms with Gasteiger partial charge in [-0.2, -0.15) is 0 Å². The van der Waals surface area contributed by atoms with E-state index in [4.69, 9.17) is 4.74 Å². The Labute approximate surface area is 144 Å². The minimum Gasteiger partial charge on any atom is -0.511 e. The molecular formula is C20H27NO3. The van der Waals surface area contributed by atoms with Crippen LogP contribution in [0.2, 0.25) is 0 Å². The highest BCUT2D eigenvalue weighted by Crippen LogP contribution is 2.37. The number of nitrogens with zero attached hydrogens (tertiary/aromatic N) is 1. The molecule has 0 saturated heterocycles. The summed E-state index contributed by atoms with van der Waals surface area (Å²) in [6.07, 6.45) is 3.49. The fraction of sp³-hybridized carbons (Fsp3) is 0.500. The van der Waals surface area contributed by atoms with E-state index < -0.39 is 0 Å². The van der Waals surface area contributed by atoms with Crippen molar-refractivity contribution in [1.29, 1.82) is 0 Å². The topological polar surface area (TPSA) is 58.9 Å². The summed E-state index contributed by atoms with van der Waals surface area (Å²) in [5.41, 5.74) is 1.74. The average molecular weight is 329 g/mol. The molecule has 1 aliphatic carbocycles. The number of aliphatic imine (C=N–C) groups is 1. The summed E-state index contributed by atoms with van der Waals surface area (Å²) in [6.45, 7) is 6.19. The number of aliphatic hydroxyl groups is 1. The Bertz CT molecular complexity index is 654. The van der Waals surface area contributed by atoms with Gasteiger partial charge in [0, 0.05) is 12.8 Å². The predicted molar refractivity (Wildman–Crippen MR) is 97.3 cm³/mol. The van der Waals surface area contributed by atoms with Crippen LogP contribution in [-0.2, 0) is 4.79 Å². The van der Waals surface area contributed by atoms with Crippen LogP contribution in [-0.4, -0.2) is 23.7 Å². The molecule has 0 amide bonds. The minimum absolute atomic E-state index is 0.00730. The summed E-state index contributed by atoms with van der Waals surface area (Å²) in [5.74, 6) is 0.942. The van der Waals surface area contributed by atoms with E-state index in [0.29, 0.717) is 30.5 Å². The van der Waals surface area contributed by atoms with Crippen molar-refractivity contribution in [3.8, 4) is 5.75 Å². The second-order valence-corrected chi connectivity index (χ2v) is 7.12. The molecule has 0 spiro atoms. The van der Waals surface area contributed by atoms with Crippen LogP contribution in [0.5, 0.6) is 5.75 Å². The largest absolute Gasteiger partial charge is 0.511 e. The number of carbonyl (C=O) groups is 1. The van der Waals surface area contributed by atoms with Crippen molar-refractivity contribution in [2.75, 3.05) is 7.11 Å². The van der Waals surface area contributed by atoms with Gasteiger partial charge in [-0.1, -0.05) is 27.2 Å². The van der Waals surface area contributed by atoms with Gasteiger partial charge in [0.05, 0.1) is 24.1 Å². The van der Waals surface area contributed by atoms with E-state index in [9.17, 15) is 9.90 Å². The lowest BCUT2D eigenvalue weighted by Crippen LogP contribution is -2.32. The summed E-state index contributed by atoms with van der Waals surface area (Å²) >= 11 is 0. The maximum Gasteiger partial charge on any atom is 0.168 e. The molecule has 2 rings (SSSR count). The van der Waals surface area contributed by atoms with Gasteiger partial charge in [-0.05, 0) is 42.5 Å². The Morgan fingerprint density at radius 1 is 1.25 bits per heavy atom. The Kier molecular flexibility index (Phi) is 5.81. The van der Waals surface area contributed by atoms with Gasteiger partial charge in [0.15, 0.2) is 5.78 Å². The molecular weight excluding hydrogens is 302 g/mol. The maximum absolute atomic E-state index is 12.6. The van der Waals surface area contributed by atoms with Gasteiger partial charge in [-0.25, -0.2) is 0 Å². The molecule has 1 aromatic rings. The molecule has 1 aromatic carbocycles. The molecule has 1 aliphatic rings. The number of aliphatic hydroxyl groups excluding tert-OH is 1. The zero-order valence-electron chi connectivity index (χ0n) is 15.1. The quantitative estimate of drug-likeness (QED) is 0.599. The molecule has 0 radical (unpaired) electrons. The molecule has 0 atom stereocenters. The predicted octanol–water partition coefficient (Wildman–Crippen LogP) is 5.16. The number of Topliss-reactive ketones (excluding diaryl/α,β-unsaturated/α-hetero) is 1. The van der Waals surface area contributed by atoms with Gasteiger partial charge in [0.2, 0.25) is 0 Å². The standard InChI is InChI=1S/C20H27NO3/c1-5-6-7-17(22)19-16(12-20(2,3)13-18(19)23)21-14-8-10-15(24-4)11-9-14/h8-11,22H,5-7,12-13H2,1-4H3. The first-order valence-corrected chi connectivity index (χ1v) is 8.53. The molecule has 0 heterocycles. The molecule has 0 aliphatic heterocycles. The summed E-state index contributed by atoms with van der Waals surface area (Å²) in [4.78, 5) is 17.3. The summed E-state index contributed by atoms with van der Waals surface area (Å²) < 4.78 is 5.16. The number of allylic oxidation sites excluding steroid dienone is 2. The molecule has 0 unspecified atom stereocenters. The van der Waals surface area contributed by atoms with Crippen LogP contribution in [0.1, 0.15) is 52.9 Å². The van der Waals surface area contributed by atoms with E-state index in [-0.39, 0.29) is 17.0 Å². The van der Waals surface area contributed by atoms with Crippen LogP contribution in [0, 0.1) is 5.41 Å². The van der Waals surface area contributed by atoms with Crippen molar-refractivity contribution >= 4 is 17.2 Å². The minimum atomic E-state index is -0.142. The van der Waals surface area contributed by atoms with E-state index in [1.165, 1.54) is 0 Å². The number of methoxy groups -OCH3 is 1. The first-order valence-electron chi connectivity index (χ1n) is 8.53. The molecule has 4 nitrogen and oxygen atoms in total. The van der Waals surface area contributed by atoms with Crippen molar-refractivity contribution in [1.82, 2.24) is 0 Å². The number of unbranched alkanes of at least 4 members (excludes halogenated alkanes) is 1. The first-order chi connectivity index (χ1) is 11.4. The lowest BCUT2D eigenvalue weighted by Gasteiger charge is -2.31. The summed E-state index contributed by atoms with van der Waals surface area (Å²) in [7, 11) is 1.62. The summed E-state index contributed by atoms with van der Waals surface area (Å²) in [6, 6.07) is 7.41. The Morgan fingerprint density at radius 3 is 2.50 bits per heavy atom. The highest BCUT2D eigenvalue weighted by atomic mass is 16.5. The van der Waals surface area contributed by atoms with Gasteiger partial charge in [0.1, 0.15) is 11.5 Å². The maximum atomic E-state index is 12.6. The Morgan fingerprint density at radius 2 is 1.92 bits per heavy atom. The van der Waals surface area contributed by atoms with E-state index in [2.05, 4.69) is 25.8 Å². The number of hydrogen-bond acceptors (Lipinski definition) is 4. The van der Waals surface area contributed by atoms with Gasteiger partial charge < -0.3 is 9.84 Å². The average Bonchev–Trinajstić information content (AvgIpc) is 2.52. The van der Waals surface area contributed by atoms with E-state index in [1.54, 1.807) is 7.11 Å². The number of ether oxygens (including phenoxy) is 1. The molecule has 4 heteroatoms. The molecule has 0 bridgehead atoms. The fourth-order valence-electron chi connectivity index (χ4n) is 2.99. The van der Waals surface area contributed by atoms with Crippen molar-refractivity contribution in [3.05, 3.63) is 35.6 Å². The number of rotatable bonds is 5. The molecule has 24 heavy (non-hydrogen) atoms. The van der Waals surface area contributed by atoms with Crippen LogP contribution in [0.3, 0.4) is 0 Å². The monoisotopic (exact) mass is 329 g/mol. The zero-order chi connectivity index (χ0) is 17.7. The lowest BCUT2D eigenvalue weighted by atomic mass is 9.73. The van der Waals surface area contributed by atoms with Crippen LogP contribution < -0.4 is 4.74 Å². The first kappa shape index (κ1) is 18.2. The third-order valence-electron chi connectivity index (χ3n) is 4.24. The fourth-order valence-corrected chi connectivity index (χ4v) is 2.99. The van der Waals surface area contributed by atoms with Crippen molar-refractivity contribution in [2.24, 2.45) is 10.4 Å². The molecule has 0 aromatic heterocycles. The second kappa shape index (κ2) is 7.65. The molecule has 1 saturated carbocycles. The van der Waals surface area contributed by atoms with Crippen molar-refractivity contribution in [3.63, 3.8) is 0 Å². The van der Waals surface area contributed by atoms with Crippen molar-refractivity contribution in [2.45, 2.75) is 52.9 Å². The molecule has 1 fully saturated rings. The number of hydrogen-bond donors (Lipinski definition) is 1. The third-order valence-corrected chi connectivity index (χ3v) is 4.24. The summed E-state index contributed by atoms with van der Waals surface area (Å²) in [5, 5.41) is 10.4. The number of carbonyl (C=O) groups excluding carboxylic acids is 1. The third kappa shape index (κ3) is 4.47. The van der Waals surface area contributed by atoms with E-state index >= 15 is 0 Å².